The van der Waals surface area contributed by atoms with Gasteiger partial charge in [-0.25, -0.2) is 0 Å². The molecule has 1 saturated heterocycles. The van der Waals surface area contributed by atoms with Crippen LogP contribution in [0.15, 0.2) is 24.3 Å². The fourth-order valence-electron chi connectivity index (χ4n) is 2.55. The Labute approximate surface area is 136 Å². The number of piperidine rings is 1. The summed E-state index contributed by atoms with van der Waals surface area (Å²) in [6.45, 7) is 3.35. The van der Waals surface area contributed by atoms with Crippen molar-refractivity contribution in [1.82, 2.24) is 10.6 Å². The molecule has 1 atom stereocenters. The number of nitrogens with zero attached hydrogens (tertiary/aromatic N) is 1. The van der Waals surface area contributed by atoms with E-state index in [1.165, 1.54) is 12.1 Å². The molecule has 1 amide bonds. The van der Waals surface area contributed by atoms with Crippen LogP contribution in [0.2, 0.25) is 0 Å². The maximum atomic E-state index is 12.2. The van der Waals surface area contributed by atoms with Gasteiger partial charge in [0, 0.05) is 18.7 Å². The minimum absolute atomic E-state index is 0. The third-order valence-corrected chi connectivity index (χ3v) is 3.97. The van der Waals surface area contributed by atoms with Gasteiger partial charge in [-0.05, 0) is 44.7 Å². The molecule has 1 unspecified atom stereocenters. The quantitative estimate of drug-likeness (QED) is 0.641. The van der Waals surface area contributed by atoms with Gasteiger partial charge >= 0.3 is 0 Å². The van der Waals surface area contributed by atoms with Gasteiger partial charge in [-0.1, -0.05) is 12.1 Å². The summed E-state index contributed by atoms with van der Waals surface area (Å²) in [4.78, 5) is 22.3. The van der Waals surface area contributed by atoms with Gasteiger partial charge in [0.25, 0.3) is 5.69 Å². The van der Waals surface area contributed by atoms with Crippen molar-refractivity contribution in [2.45, 2.75) is 38.1 Å². The lowest BCUT2D eigenvalue weighted by Crippen LogP contribution is -2.57. The zero-order valence-electron chi connectivity index (χ0n) is 12.6. The fourth-order valence-corrected chi connectivity index (χ4v) is 2.55. The molecule has 0 aromatic heterocycles. The summed E-state index contributed by atoms with van der Waals surface area (Å²) in [5.41, 5.74) is 0.595. The highest BCUT2D eigenvalue weighted by molar-refractivity contribution is 5.86. The lowest BCUT2D eigenvalue weighted by atomic mass is 9.90. The van der Waals surface area contributed by atoms with Crippen LogP contribution in [0, 0.1) is 10.1 Å². The van der Waals surface area contributed by atoms with Crippen LogP contribution in [-0.2, 0) is 11.2 Å². The van der Waals surface area contributed by atoms with Crippen LogP contribution < -0.4 is 10.6 Å². The number of benzene rings is 1. The molecule has 0 spiro atoms. The van der Waals surface area contributed by atoms with Gasteiger partial charge in [0.1, 0.15) is 0 Å². The molecule has 122 valence electrons. The van der Waals surface area contributed by atoms with Crippen LogP contribution in [0.25, 0.3) is 0 Å². The Balaban J connectivity index is 0.00000242. The maximum absolute atomic E-state index is 12.2. The second kappa shape index (κ2) is 8.10. The molecule has 22 heavy (non-hydrogen) atoms. The Morgan fingerprint density at radius 2 is 2.05 bits per heavy atom. The van der Waals surface area contributed by atoms with Crippen molar-refractivity contribution >= 4 is 24.0 Å². The van der Waals surface area contributed by atoms with Crippen molar-refractivity contribution in [3.8, 4) is 0 Å². The number of nitrogens with one attached hydrogen (secondary N) is 2. The Bertz CT molecular complexity index is 513. The molecular weight excluding hydrogens is 306 g/mol. The third kappa shape index (κ3) is 4.68. The average molecular weight is 328 g/mol. The van der Waals surface area contributed by atoms with Gasteiger partial charge in [0.05, 0.1) is 10.5 Å². The standard InChI is InChI=1S/C15H21N3O3.ClH/c1-15(9-2-3-10-17-15)14(19)16-11-8-12-4-6-13(7-5-12)18(20)21;/h4-7,17H,2-3,8-11H2,1H3,(H,16,19);1H. The van der Waals surface area contributed by atoms with E-state index in [2.05, 4.69) is 10.6 Å². The lowest BCUT2D eigenvalue weighted by molar-refractivity contribution is -0.384. The number of carbonyl (C=O) groups is 1. The maximum Gasteiger partial charge on any atom is 0.269 e. The lowest BCUT2D eigenvalue weighted by Gasteiger charge is -2.33. The molecule has 2 rings (SSSR count). The van der Waals surface area contributed by atoms with Crippen LogP contribution in [0.5, 0.6) is 0 Å². The summed E-state index contributed by atoms with van der Waals surface area (Å²) in [5.74, 6) is 0.0316. The molecule has 0 bridgehead atoms. The summed E-state index contributed by atoms with van der Waals surface area (Å²) < 4.78 is 0. The number of carbonyl (C=O) groups excluding carboxylic acids is 1. The van der Waals surface area contributed by atoms with Gasteiger partial charge < -0.3 is 10.6 Å². The topological polar surface area (TPSA) is 84.3 Å². The van der Waals surface area contributed by atoms with E-state index < -0.39 is 10.5 Å². The monoisotopic (exact) mass is 327 g/mol. The number of hydrogen-bond acceptors (Lipinski definition) is 4. The van der Waals surface area contributed by atoms with Crippen LogP contribution in [0.4, 0.5) is 5.69 Å². The van der Waals surface area contributed by atoms with Gasteiger partial charge in [-0.15, -0.1) is 12.4 Å². The summed E-state index contributed by atoms with van der Waals surface area (Å²) in [5, 5.41) is 16.8. The molecule has 7 heteroatoms. The molecule has 1 fully saturated rings. The van der Waals surface area contributed by atoms with Crippen LogP contribution >= 0.6 is 12.4 Å². The molecule has 1 aliphatic heterocycles. The minimum Gasteiger partial charge on any atom is -0.354 e. The first kappa shape index (κ1) is 18.4. The third-order valence-electron chi connectivity index (χ3n) is 3.97. The number of non-ortho nitro benzene ring substituents is 1. The van der Waals surface area contributed by atoms with E-state index in [9.17, 15) is 14.9 Å². The van der Waals surface area contributed by atoms with E-state index in [1.807, 2.05) is 6.92 Å². The van der Waals surface area contributed by atoms with Crippen LogP contribution in [0.3, 0.4) is 0 Å². The Morgan fingerprint density at radius 1 is 1.36 bits per heavy atom. The number of hydrogen-bond donors (Lipinski definition) is 2. The van der Waals surface area contributed by atoms with E-state index in [1.54, 1.807) is 12.1 Å². The largest absolute Gasteiger partial charge is 0.354 e. The number of nitro groups is 1. The molecule has 2 N–H and O–H groups in total. The molecule has 1 heterocycles. The van der Waals surface area contributed by atoms with Gasteiger partial charge in [0.15, 0.2) is 0 Å². The Hall–Kier alpha value is -1.66. The fraction of sp³-hybridized carbons (Fsp3) is 0.533. The molecule has 0 aliphatic carbocycles. The van der Waals surface area contributed by atoms with Crippen molar-refractivity contribution in [1.29, 1.82) is 0 Å². The van der Waals surface area contributed by atoms with Crippen molar-refractivity contribution in [2.75, 3.05) is 13.1 Å². The van der Waals surface area contributed by atoms with E-state index in [0.717, 1.165) is 31.4 Å². The molecule has 6 nitrogen and oxygen atoms in total. The molecule has 0 radical (unpaired) electrons. The molecular formula is C15H22ClN3O3. The molecule has 1 aliphatic rings. The molecule has 1 aromatic rings. The first-order valence-electron chi connectivity index (χ1n) is 7.28. The zero-order valence-corrected chi connectivity index (χ0v) is 13.4. The number of nitro benzene ring substituents is 1. The highest BCUT2D eigenvalue weighted by Crippen LogP contribution is 2.18. The highest BCUT2D eigenvalue weighted by Gasteiger charge is 2.33. The summed E-state index contributed by atoms with van der Waals surface area (Å²) in [6, 6.07) is 6.43. The second-order valence-corrected chi connectivity index (χ2v) is 5.65. The van der Waals surface area contributed by atoms with E-state index in [-0.39, 0.29) is 24.0 Å². The van der Waals surface area contributed by atoms with Crippen molar-refractivity contribution in [3.05, 3.63) is 39.9 Å². The minimum atomic E-state index is -0.465. The van der Waals surface area contributed by atoms with Crippen molar-refractivity contribution in [3.63, 3.8) is 0 Å². The second-order valence-electron chi connectivity index (χ2n) is 5.65. The summed E-state index contributed by atoms with van der Waals surface area (Å²) in [6.07, 6.45) is 3.71. The normalized spacial score (nSPS) is 20.8. The zero-order chi connectivity index (χ0) is 15.3. The van der Waals surface area contributed by atoms with Crippen molar-refractivity contribution < 1.29 is 9.72 Å². The Kier molecular flexibility index (Phi) is 6.77. The van der Waals surface area contributed by atoms with E-state index in [0.29, 0.717) is 13.0 Å². The summed E-state index contributed by atoms with van der Waals surface area (Å²) in [7, 11) is 0. The van der Waals surface area contributed by atoms with E-state index >= 15 is 0 Å². The number of amides is 1. The van der Waals surface area contributed by atoms with Crippen LogP contribution in [-0.4, -0.2) is 29.5 Å². The first-order chi connectivity index (χ1) is 10.0. The van der Waals surface area contributed by atoms with Gasteiger partial charge in [-0.3, -0.25) is 14.9 Å². The Morgan fingerprint density at radius 3 is 2.59 bits per heavy atom. The smallest absolute Gasteiger partial charge is 0.269 e. The predicted octanol–water partition coefficient (Wildman–Crippen LogP) is 2.21. The SMILES string of the molecule is CC1(C(=O)NCCc2ccc([N+](=O)[O-])cc2)CCCCN1.Cl. The van der Waals surface area contributed by atoms with Crippen molar-refractivity contribution in [2.24, 2.45) is 0 Å². The molecule has 1 aromatic carbocycles. The first-order valence-corrected chi connectivity index (χ1v) is 7.28. The van der Waals surface area contributed by atoms with E-state index in [4.69, 9.17) is 0 Å². The average Bonchev–Trinajstić information content (AvgIpc) is 2.48. The summed E-state index contributed by atoms with van der Waals surface area (Å²) >= 11 is 0. The number of rotatable bonds is 5. The predicted molar refractivity (Wildman–Crippen MR) is 87.3 cm³/mol. The van der Waals surface area contributed by atoms with Gasteiger partial charge in [0.2, 0.25) is 5.91 Å². The highest BCUT2D eigenvalue weighted by atomic mass is 35.5. The van der Waals surface area contributed by atoms with Gasteiger partial charge in [-0.2, -0.15) is 0 Å². The van der Waals surface area contributed by atoms with Crippen LogP contribution in [0.1, 0.15) is 31.7 Å². The number of halogens is 1. The molecule has 0 saturated carbocycles.